The predicted molar refractivity (Wildman–Crippen MR) is 163 cm³/mol. The van der Waals surface area contributed by atoms with Crippen molar-refractivity contribution in [2.24, 2.45) is 4.99 Å². The molecule has 9 nitrogen and oxygen atoms in total. The van der Waals surface area contributed by atoms with Crippen LogP contribution in [0, 0.1) is 5.82 Å². The summed E-state index contributed by atoms with van der Waals surface area (Å²) >= 11 is 7.71. The van der Waals surface area contributed by atoms with Gasteiger partial charge in [0.1, 0.15) is 12.4 Å². The van der Waals surface area contributed by atoms with Crippen LogP contribution in [0.5, 0.6) is 11.5 Å². The number of aromatic carboxylic acids is 1. The summed E-state index contributed by atoms with van der Waals surface area (Å²) in [7, 11) is 1.45. The highest BCUT2D eigenvalue weighted by Crippen LogP contribution is 2.37. The van der Waals surface area contributed by atoms with Crippen LogP contribution in [0.3, 0.4) is 0 Å². The summed E-state index contributed by atoms with van der Waals surface area (Å²) in [4.78, 5) is 43.1. The first-order chi connectivity index (χ1) is 21.1. The molecular weight excluding hydrogens is 611 g/mol. The lowest BCUT2D eigenvalue weighted by Gasteiger charge is -2.24. The van der Waals surface area contributed by atoms with E-state index < -0.39 is 29.4 Å². The number of thiazole rings is 1. The lowest BCUT2D eigenvalue weighted by Crippen LogP contribution is -2.39. The summed E-state index contributed by atoms with van der Waals surface area (Å²) in [6, 6.07) is 14.3. The second-order valence-corrected chi connectivity index (χ2v) is 11.1. The van der Waals surface area contributed by atoms with Gasteiger partial charge < -0.3 is 19.3 Å². The Kier molecular flexibility index (Phi) is 8.98. The van der Waals surface area contributed by atoms with E-state index in [1.807, 2.05) is 0 Å². The second kappa shape index (κ2) is 12.9. The van der Waals surface area contributed by atoms with Crippen molar-refractivity contribution in [3.05, 3.63) is 125 Å². The Bertz CT molecular complexity index is 1980. The van der Waals surface area contributed by atoms with Gasteiger partial charge in [0.15, 0.2) is 16.3 Å². The van der Waals surface area contributed by atoms with E-state index in [0.717, 1.165) is 11.3 Å². The van der Waals surface area contributed by atoms with Crippen molar-refractivity contribution in [2.45, 2.75) is 26.5 Å². The minimum absolute atomic E-state index is 0.0423. The zero-order valence-corrected chi connectivity index (χ0v) is 25.4. The molecule has 0 fully saturated rings. The molecule has 2 heterocycles. The molecule has 1 atom stereocenters. The van der Waals surface area contributed by atoms with Crippen LogP contribution in [-0.2, 0) is 16.1 Å². The molecule has 0 radical (unpaired) electrons. The van der Waals surface area contributed by atoms with Gasteiger partial charge in [-0.2, -0.15) is 0 Å². The average Bonchev–Trinajstić information content (AvgIpc) is 3.30. The van der Waals surface area contributed by atoms with Gasteiger partial charge in [-0.15, -0.1) is 0 Å². The van der Waals surface area contributed by atoms with Gasteiger partial charge in [0, 0.05) is 0 Å². The Morgan fingerprint density at radius 1 is 1.16 bits per heavy atom. The average molecular weight is 637 g/mol. The molecule has 0 spiro atoms. The third kappa shape index (κ3) is 6.15. The fourth-order valence-electron chi connectivity index (χ4n) is 4.82. The fraction of sp³-hybridized carbons (Fsp3) is 0.188. The monoisotopic (exact) mass is 636 g/mol. The highest BCUT2D eigenvalue weighted by atomic mass is 35.5. The topological polar surface area (TPSA) is 116 Å². The van der Waals surface area contributed by atoms with Gasteiger partial charge in [-0.25, -0.2) is 19.0 Å². The summed E-state index contributed by atoms with van der Waals surface area (Å²) in [6.07, 6.45) is 1.63. The van der Waals surface area contributed by atoms with Crippen LogP contribution in [0.2, 0.25) is 5.02 Å². The summed E-state index contributed by atoms with van der Waals surface area (Å²) in [6.45, 7) is 3.53. The highest BCUT2D eigenvalue weighted by molar-refractivity contribution is 7.07. The molecule has 0 aliphatic carbocycles. The van der Waals surface area contributed by atoms with Gasteiger partial charge in [-0.1, -0.05) is 47.2 Å². The number of allylic oxidation sites excluding steroid dienone is 1. The van der Waals surface area contributed by atoms with Crippen LogP contribution in [0.4, 0.5) is 4.39 Å². The maximum Gasteiger partial charge on any atom is 0.338 e. The summed E-state index contributed by atoms with van der Waals surface area (Å²) < 4.78 is 32.2. The van der Waals surface area contributed by atoms with E-state index in [4.69, 9.17) is 25.8 Å². The molecule has 0 saturated carbocycles. The number of rotatable bonds is 9. The Hall–Kier alpha value is -4.74. The first-order valence-corrected chi connectivity index (χ1v) is 14.6. The van der Waals surface area contributed by atoms with Gasteiger partial charge >= 0.3 is 11.9 Å². The Morgan fingerprint density at radius 3 is 2.59 bits per heavy atom. The molecule has 1 aliphatic rings. The molecule has 1 aromatic heterocycles. The molecule has 3 aromatic carbocycles. The number of carbonyl (C=O) groups excluding carboxylic acids is 1. The van der Waals surface area contributed by atoms with E-state index in [2.05, 4.69) is 4.99 Å². The minimum Gasteiger partial charge on any atom is -0.493 e. The first-order valence-electron chi connectivity index (χ1n) is 13.4. The molecule has 4 aromatic rings. The van der Waals surface area contributed by atoms with Crippen molar-refractivity contribution in [1.82, 2.24) is 4.57 Å². The standard InChI is InChI=1S/C32H26ClFN2O7S/c1-4-42-31(40)26-17(2)35-32-36(27(26)20-8-10-22(34)11-9-20)29(37)25(44-32)15-19-13-23(33)28(24(14-19)41-3)43-16-18-6-5-7-21(12-18)30(38)39/h5-15,27H,4,16H2,1-3H3,(H,38,39)/b25-15+/t27-/m0/s1. The SMILES string of the molecule is CCOC(=O)C1=C(C)N=c2s/c(=C/c3cc(Cl)c(OCc4cccc(C(=O)O)c4)c(OC)c3)c(=O)n2[C@H]1c1ccc(F)cc1. The van der Waals surface area contributed by atoms with Gasteiger partial charge in [0.05, 0.1) is 46.1 Å². The number of hydrogen-bond donors (Lipinski definition) is 1. The third-order valence-corrected chi connectivity index (χ3v) is 8.07. The zero-order valence-electron chi connectivity index (χ0n) is 23.8. The number of fused-ring (bicyclic) bond motifs is 1. The largest absolute Gasteiger partial charge is 0.493 e. The number of carboxylic acid groups (broad SMARTS) is 1. The van der Waals surface area contributed by atoms with Crippen molar-refractivity contribution in [3.8, 4) is 11.5 Å². The van der Waals surface area contributed by atoms with Gasteiger partial charge in [0.25, 0.3) is 5.56 Å². The van der Waals surface area contributed by atoms with E-state index in [0.29, 0.717) is 37.5 Å². The number of hydrogen-bond acceptors (Lipinski definition) is 8. The van der Waals surface area contributed by atoms with E-state index >= 15 is 0 Å². The minimum atomic E-state index is -1.05. The van der Waals surface area contributed by atoms with Crippen molar-refractivity contribution in [3.63, 3.8) is 0 Å². The number of carbonyl (C=O) groups is 2. The number of nitrogens with zero attached hydrogens (tertiary/aromatic N) is 2. The number of esters is 1. The number of ether oxygens (including phenoxy) is 3. The van der Waals surface area contributed by atoms with Crippen molar-refractivity contribution < 1.29 is 33.3 Å². The predicted octanol–water partition coefficient (Wildman–Crippen LogP) is 4.88. The van der Waals surface area contributed by atoms with Crippen molar-refractivity contribution in [1.29, 1.82) is 0 Å². The molecule has 0 amide bonds. The summed E-state index contributed by atoms with van der Waals surface area (Å²) in [5.41, 5.74) is 2.00. The van der Waals surface area contributed by atoms with Crippen LogP contribution in [0.15, 0.2) is 81.7 Å². The maximum absolute atomic E-state index is 13.8. The molecule has 1 aliphatic heterocycles. The summed E-state index contributed by atoms with van der Waals surface area (Å²) in [5.74, 6) is -1.56. The lowest BCUT2D eigenvalue weighted by atomic mass is 9.96. The van der Waals surface area contributed by atoms with E-state index in [1.165, 1.54) is 48.1 Å². The van der Waals surface area contributed by atoms with Crippen molar-refractivity contribution >= 4 is 41.0 Å². The quantitative estimate of drug-likeness (QED) is 0.261. The number of benzene rings is 3. The Morgan fingerprint density at radius 2 is 1.91 bits per heavy atom. The molecule has 226 valence electrons. The fourth-order valence-corrected chi connectivity index (χ4v) is 6.14. The number of carboxylic acids is 1. The van der Waals surface area contributed by atoms with Crippen LogP contribution in [0.1, 0.15) is 46.9 Å². The smallest absolute Gasteiger partial charge is 0.338 e. The molecule has 12 heteroatoms. The number of aromatic nitrogens is 1. The van der Waals surface area contributed by atoms with Gasteiger partial charge in [-0.05, 0) is 73.0 Å². The Balaban J connectivity index is 1.55. The normalized spacial score (nSPS) is 14.6. The molecular formula is C32H26ClFN2O7S. The van der Waals surface area contributed by atoms with Crippen LogP contribution < -0.4 is 24.4 Å². The molecule has 0 saturated heterocycles. The van der Waals surface area contributed by atoms with E-state index in [-0.39, 0.29) is 35.1 Å². The molecule has 5 rings (SSSR count). The molecule has 0 bridgehead atoms. The van der Waals surface area contributed by atoms with Crippen LogP contribution in [-0.4, -0.2) is 35.3 Å². The molecule has 1 N–H and O–H groups in total. The lowest BCUT2D eigenvalue weighted by molar-refractivity contribution is -0.139. The first kappa shape index (κ1) is 30.7. The zero-order chi connectivity index (χ0) is 31.5. The van der Waals surface area contributed by atoms with Crippen LogP contribution in [0.25, 0.3) is 6.08 Å². The van der Waals surface area contributed by atoms with E-state index in [1.54, 1.807) is 44.2 Å². The maximum atomic E-state index is 13.8. The van der Waals surface area contributed by atoms with Gasteiger partial charge in [0.2, 0.25) is 0 Å². The summed E-state index contributed by atoms with van der Waals surface area (Å²) in [5, 5.41) is 9.46. The van der Waals surface area contributed by atoms with Gasteiger partial charge in [-0.3, -0.25) is 9.36 Å². The molecule has 0 unspecified atom stereocenters. The van der Waals surface area contributed by atoms with Crippen molar-refractivity contribution in [2.75, 3.05) is 13.7 Å². The molecule has 44 heavy (non-hydrogen) atoms. The number of halogens is 2. The van der Waals surface area contributed by atoms with Crippen LogP contribution >= 0.6 is 22.9 Å². The van der Waals surface area contributed by atoms with E-state index in [9.17, 15) is 23.9 Å². The Labute approximate surface area is 259 Å². The highest BCUT2D eigenvalue weighted by Gasteiger charge is 2.33. The third-order valence-electron chi connectivity index (χ3n) is 6.81. The number of methoxy groups -OCH3 is 1. The second-order valence-electron chi connectivity index (χ2n) is 9.68.